The van der Waals surface area contributed by atoms with Crippen LogP contribution in [0, 0.1) is 0 Å². The van der Waals surface area contributed by atoms with Crippen molar-refractivity contribution in [2.45, 2.75) is 57.2 Å². The second kappa shape index (κ2) is 5.25. The Labute approximate surface area is 106 Å². The predicted molar refractivity (Wildman–Crippen MR) is 71.3 cm³/mol. The van der Waals surface area contributed by atoms with E-state index in [1.165, 1.54) is 64.8 Å². The highest BCUT2D eigenvalue weighted by molar-refractivity contribution is 4.94. The summed E-state index contributed by atoms with van der Waals surface area (Å²) in [5.41, 5.74) is 0. The monoisotopic (exact) mass is 237 g/mol. The summed E-state index contributed by atoms with van der Waals surface area (Å²) >= 11 is 0. The first-order chi connectivity index (χ1) is 8.34. The van der Waals surface area contributed by atoms with E-state index in [4.69, 9.17) is 0 Å². The highest BCUT2D eigenvalue weighted by Gasteiger charge is 2.37. The average molecular weight is 237 g/mol. The van der Waals surface area contributed by atoms with Crippen LogP contribution in [0.5, 0.6) is 0 Å². The number of hydrogen-bond acceptors (Lipinski definition) is 3. The van der Waals surface area contributed by atoms with Crippen LogP contribution in [-0.2, 0) is 0 Å². The molecule has 0 aromatic carbocycles. The number of hydrogen-bond donors (Lipinski definition) is 1. The van der Waals surface area contributed by atoms with Crippen LogP contribution in [0.4, 0.5) is 0 Å². The van der Waals surface area contributed by atoms with E-state index in [2.05, 4.69) is 22.0 Å². The standard InChI is InChI=1S/C14H27N3/c1-12-10-16-8-4-6-14(16)11-17(12)13-5-2-3-7-15-9-13/h12-15H,2-11H2,1H3. The smallest absolute Gasteiger partial charge is 0.0224 e. The zero-order valence-corrected chi connectivity index (χ0v) is 11.2. The van der Waals surface area contributed by atoms with Crippen LogP contribution in [-0.4, -0.2) is 60.6 Å². The number of nitrogens with zero attached hydrogens (tertiary/aromatic N) is 2. The van der Waals surface area contributed by atoms with Crippen molar-refractivity contribution in [3.63, 3.8) is 0 Å². The number of piperazine rings is 1. The molecule has 98 valence electrons. The molecule has 17 heavy (non-hydrogen) atoms. The highest BCUT2D eigenvalue weighted by atomic mass is 15.3. The van der Waals surface area contributed by atoms with Gasteiger partial charge >= 0.3 is 0 Å². The van der Waals surface area contributed by atoms with Crippen molar-refractivity contribution in [2.24, 2.45) is 0 Å². The fourth-order valence-corrected chi connectivity index (χ4v) is 4.00. The molecule has 3 atom stereocenters. The molecule has 3 nitrogen and oxygen atoms in total. The summed E-state index contributed by atoms with van der Waals surface area (Å²) in [6.45, 7) is 8.87. The molecule has 3 aliphatic heterocycles. The maximum Gasteiger partial charge on any atom is 0.0224 e. The first-order valence-corrected chi connectivity index (χ1v) is 7.55. The Balaban J connectivity index is 1.64. The number of nitrogens with one attached hydrogen (secondary N) is 1. The molecule has 3 heterocycles. The molecule has 3 aliphatic rings. The Morgan fingerprint density at radius 2 is 1.88 bits per heavy atom. The quantitative estimate of drug-likeness (QED) is 0.741. The predicted octanol–water partition coefficient (Wildman–Crippen LogP) is 1.30. The van der Waals surface area contributed by atoms with Crippen molar-refractivity contribution < 1.29 is 0 Å². The summed E-state index contributed by atoms with van der Waals surface area (Å²) < 4.78 is 0. The molecule has 0 aliphatic carbocycles. The summed E-state index contributed by atoms with van der Waals surface area (Å²) in [6.07, 6.45) is 7.05. The zero-order valence-electron chi connectivity index (χ0n) is 11.2. The van der Waals surface area contributed by atoms with Crippen molar-refractivity contribution in [1.82, 2.24) is 15.1 Å². The lowest BCUT2D eigenvalue weighted by Crippen LogP contribution is -2.59. The maximum absolute atomic E-state index is 3.62. The van der Waals surface area contributed by atoms with E-state index < -0.39 is 0 Å². The van der Waals surface area contributed by atoms with E-state index in [0.717, 1.165) is 18.1 Å². The van der Waals surface area contributed by atoms with Crippen LogP contribution in [0.25, 0.3) is 0 Å². The van der Waals surface area contributed by atoms with Crippen LogP contribution < -0.4 is 5.32 Å². The third kappa shape index (κ3) is 2.51. The van der Waals surface area contributed by atoms with Gasteiger partial charge in [-0.3, -0.25) is 9.80 Å². The van der Waals surface area contributed by atoms with Gasteiger partial charge in [-0.15, -0.1) is 0 Å². The Kier molecular flexibility index (Phi) is 3.69. The minimum absolute atomic E-state index is 0.759. The fraction of sp³-hybridized carbons (Fsp3) is 1.00. The van der Waals surface area contributed by atoms with E-state index in [9.17, 15) is 0 Å². The zero-order chi connectivity index (χ0) is 11.7. The first kappa shape index (κ1) is 11.9. The van der Waals surface area contributed by atoms with Crippen LogP contribution in [0.1, 0.15) is 39.0 Å². The van der Waals surface area contributed by atoms with Gasteiger partial charge in [0.2, 0.25) is 0 Å². The Morgan fingerprint density at radius 1 is 1.00 bits per heavy atom. The van der Waals surface area contributed by atoms with Gasteiger partial charge in [-0.1, -0.05) is 6.42 Å². The topological polar surface area (TPSA) is 18.5 Å². The van der Waals surface area contributed by atoms with E-state index in [0.29, 0.717) is 0 Å². The van der Waals surface area contributed by atoms with Gasteiger partial charge in [0.05, 0.1) is 0 Å². The lowest BCUT2D eigenvalue weighted by Gasteiger charge is -2.46. The summed E-state index contributed by atoms with van der Waals surface area (Å²) in [7, 11) is 0. The first-order valence-electron chi connectivity index (χ1n) is 7.55. The highest BCUT2D eigenvalue weighted by Crippen LogP contribution is 2.27. The van der Waals surface area contributed by atoms with Crippen LogP contribution in [0.15, 0.2) is 0 Å². The molecule has 3 fully saturated rings. The summed E-state index contributed by atoms with van der Waals surface area (Å²) in [5.74, 6) is 0. The molecule has 0 saturated carbocycles. The fourth-order valence-electron chi connectivity index (χ4n) is 4.00. The van der Waals surface area contributed by atoms with Crippen molar-refractivity contribution in [1.29, 1.82) is 0 Å². The molecule has 0 amide bonds. The van der Waals surface area contributed by atoms with Crippen molar-refractivity contribution in [3.05, 3.63) is 0 Å². The third-order valence-corrected chi connectivity index (χ3v) is 4.98. The summed E-state index contributed by atoms with van der Waals surface area (Å²) in [5, 5.41) is 3.62. The Bertz CT molecular complexity index is 248. The van der Waals surface area contributed by atoms with Gasteiger partial charge < -0.3 is 5.32 Å². The van der Waals surface area contributed by atoms with E-state index in [1.54, 1.807) is 0 Å². The van der Waals surface area contributed by atoms with Crippen molar-refractivity contribution in [2.75, 3.05) is 32.7 Å². The molecule has 1 N–H and O–H groups in total. The average Bonchev–Trinajstić information content (AvgIpc) is 2.62. The van der Waals surface area contributed by atoms with Gasteiger partial charge in [-0.25, -0.2) is 0 Å². The van der Waals surface area contributed by atoms with E-state index in [1.807, 2.05) is 0 Å². The van der Waals surface area contributed by atoms with Gasteiger partial charge in [0, 0.05) is 37.8 Å². The minimum atomic E-state index is 0.759. The lowest BCUT2D eigenvalue weighted by atomic mass is 10.0. The molecular formula is C14H27N3. The number of rotatable bonds is 1. The second-order valence-electron chi connectivity index (χ2n) is 6.19. The Hall–Kier alpha value is -0.120. The minimum Gasteiger partial charge on any atom is -0.315 e. The molecule has 0 aromatic rings. The van der Waals surface area contributed by atoms with E-state index in [-0.39, 0.29) is 0 Å². The van der Waals surface area contributed by atoms with Crippen molar-refractivity contribution >= 4 is 0 Å². The largest absolute Gasteiger partial charge is 0.315 e. The third-order valence-electron chi connectivity index (χ3n) is 4.98. The van der Waals surface area contributed by atoms with Gasteiger partial charge in [0.25, 0.3) is 0 Å². The summed E-state index contributed by atoms with van der Waals surface area (Å²) in [6, 6.07) is 2.43. The lowest BCUT2D eigenvalue weighted by molar-refractivity contribution is 0.0266. The van der Waals surface area contributed by atoms with Crippen LogP contribution >= 0.6 is 0 Å². The normalized spacial score (nSPS) is 41.1. The molecule has 0 aromatic heterocycles. The molecule has 0 spiro atoms. The second-order valence-corrected chi connectivity index (χ2v) is 6.19. The Morgan fingerprint density at radius 3 is 2.82 bits per heavy atom. The van der Waals surface area contributed by atoms with Crippen LogP contribution in [0.2, 0.25) is 0 Å². The van der Waals surface area contributed by atoms with Crippen LogP contribution in [0.3, 0.4) is 0 Å². The maximum atomic E-state index is 3.62. The molecule has 3 rings (SSSR count). The molecule has 3 unspecified atom stereocenters. The van der Waals surface area contributed by atoms with Gasteiger partial charge in [-0.2, -0.15) is 0 Å². The van der Waals surface area contributed by atoms with Gasteiger partial charge in [-0.05, 0) is 45.7 Å². The molecule has 3 heteroatoms. The SMILES string of the molecule is CC1CN2CCCC2CN1C1CCCCNC1. The molecule has 0 bridgehead atoms. The molecule has 0 radical (unpaired) electrons. The van der Waals surface area contributed by atoms with E-state index >= 15 is 0 Å². The summed E-state index contributed by atoms with van der Waals surface area (Å²) in [4.78, 5) is 5.54. The molecular weight excluding hydrogens is 210 g/mol. The number of fused-ring (bicyclic) bond motifs is 1. The van der Waals surface area contributed by atoms with Crippen molar-refractivity contribution in [3.8, 4) is 0 Å². The van der Waals surface area contributed by atoms with Gasteiger partial charge in [0.15, 0.2) is 0 Å². The van der Waals surface area contributed by atoms with Gasteiger partial charge in [0.1, 0.15) is 0 Å². The molecule has 3 saturated heterocycles.